The highest BCUT2D eigenvalue weighted by atomic mass is 32.2. The predicted molar refractivity (Wildman–Crippen MR) is 121 cm³/mol. The molecule has 3 aromatic rings. The SMILES string of the molecule is C=CCn1c(SCC(=O)N2c3ccccc3NC(=O)CC2C)nnc1-c1cccnc1. The van der Waals surface area contributed by atoms with Crippen LogP contribution in [0.15, 0.2) is 66.6 Å². The maximum Gasteiger partial charge on any atom is 0.237 e. The molecule has 1 unspecified atom stereocenters. The minimum absolute atomic E-state index is 0.0995. The Morgan fingerprint density at radius 1 is 1.29 bits per heavy atom. The smallest absolute Gasteiger partial charge is 0.237 e. The van der Waals surface area contributed by atoms with E-state index in [0.29, 0.717) is 28.9 Å². The van der Waals surface area contributed by atoms with E-state index in [1.807, 2.05) is 41.8 Å². The molecule has 1 aliphatic rings. The monoisotopic (exact) mass is 434 g/mol. The number of para-hydroxylation sites is 2. The molecule has 1 aliphatic heterocycles. The van der Waals surface area contributed by atoms with Crippen LogP contribution < -0.4 is 10.2 Å². The first-order valence-corrected chi connectivity index (χ1v) is 10.8. The van der Waals surface area contributed by atoms with E-state index in [1.165, 1.54) is 11.8 Å². The van der Waals surface area contributed by atoms with Gasteiger partial charge in [0.15, 0.2) is 11.0 Å². The van der Waals surface area contributed by atoms with Crippen molar-refractivity contribution in [2.24, 2.45) is 0 Å². The molecule has 0 bridgehead atoms. The average molecular weight is 435 g/mol. The summed E-state index contributed by atoms with van der Waals surface area (Å²) in [4.78, 5) is 31.2. The first-order chi connectivity index (χ1) is 15.1. The van der Waals surface area contributed by atoms with Crippen molar-refractivity contribution in [1.29, 1.82) is 0 Å². The molecule has 9 heteroatoms. The van der Waals surface area contributed by atoms with Gasteiger partial charge in [-0.05, 0) is 31.2 Å². The van der Waals surface area contributed by atoms with Gasteiger partial charge in [-0.2, -0.15) is 0 Å². The second-order valence-corrected chi connectivity index (χ2v) is 8.06. The fourth-order valence-corrected chi connectivity index (χ4v) is 4.37. The molecule has 0 fully saturated rings. The number of anilines is 2. The molecule has 0 spiro atoms. The zero-order valence-electron chi connectivity index (χ0n) is 17.1. The van der Waals surface area contributed by atoms with E-state index in [1.54, 1.807) is 29.4 Å². The molecule has 0 radical (unpaired) electrons. The first kappa shape index (κ1) is 20.8. The number of benzene rings is 1. The maximum atomic E-state index is 13.2. The largest absolute Gasteiger partial charge is 0.324 e. The van der Waals surface area contributed by atoms with Crippen LogP contribution >= 0.6 is 11.8 Å². The summed E-state index contributed by atoms with van der Waals surface area (Å²) in [6, 6.07) is 10.8. The van der Waals surface area contributed by atoms with Crippen LogP contribution in [0.1, 0.15) is 13.3 Å². The van der Waals surface area contributed by atoms with Crippen LogP contribution in [-0.2, 0) is 16.1 Å². The van der Waals surface area contributed by atoms with Crippen LogP contribution in [0.5, 0.6) is 0 Å². The zero-order chi connectivity index (χ0) is 21.8. The number of thioether (sulfide) groups is 1. The van der Waals surface area contributed by atoms with Gasteiger partial charge in [0.05, 0.1) is 17.1 Å². The molecule has 3 heterocycles. The van der Waals surface area contributed by atoms with E-state index in [0.717, 1.165) is 5.56 Å². The highest BCUT2D eigenvalue weighted by Gasteiger charge is 2.29. The van der Waals surface area contributed by atoms with Crippen LogP contribution in [0.2, 0.25) is 0 Å². The lowest BCUT2D eigenvalue weighted by Crippen LogP contribution is -2.40. The fourth-order valence-electron chi connectivity index (χ4n) is 3.56. The van der Waals surface area contributed by atoms with E-state index in [9.17, 15) is 9.59 Å². The number of fused-ring (bicyclic) bond motifs is 1. The van der Waals surface area contributed by atoms with Gasteiger partial charge in [0, 0.05) is 37.0 Å². The molecule has 2 amide bonds. The lowest BCUT2D eigenvalue weighted by atomic mass is 10.2. The molecule has 1 N–H and O–H groups in total. The number of pyridine rings is 1. The second kappa shape index (κ2) is 9.13. The lowest BCUT2D eigenvalue weighted by Gasteiger charge is -2.27. The summed E-state index contributed by atoms with van der Waals surface area (Å²) in [6.07, 6.45) is 5.43. The Bertz CT molecular complexity index is 1110. The molecule has 2 aromatic heterocycles. The number of allylic oxidation sites excluding steroid dienone is 1. The van der Waals surface area contributed by atoms with Crippen molar-refractivity contribution in [3.8, 4) is 11.4 Å². The second-order valence-electron chi connectivity index (χ2n) is 7.12. The topological polar surface area (TPSA) is 93.0 Å². The van der Waals surface area contributed by atoms with Crippen LogP contribution in [0.3, 0.4) is 0 Å². The molecular weight excluding hydrogens is 412 g/mol. The maximum absolute atomic E-state index is 13.2. The van der Waals surface area contributed by atoms with Crippen LogP contribution in [-0.4, -0.2) is 43.4 Å². The van der Waals surface area contributed by atoms with E-state index < -0.39 is 0 Å². The van der Waals surface area contributed by atoms with Gasteiger partial charge < -0.3 is 10.2 Å². The van der Waals surface area contributed by atoms with Gasteiger partial charge in [0.25, 0.3) is 0 Å². The fraction of sp³-hybridized carbons (Fsp3) is 0.227. The van der Waals surface area contributed by atoms with Crippen molar-refractivity contribution in [3.05, 3.63) is 61.4 Å². The molecule has 1 atom stereocenters. The third-order valence-electron chi connectivity index (χ3n) is 4.90. The number of nitrogens with zero attached hydrogens (tertiary/aromatic N) is 5. The van der Waals surface area contributed by atoms with Crippen LogP contribution in [0.4, 0.5) is 11.4 Å². The zero-order valence-corrected chi connectivity index (χ0v) is 17.9. The summed E-state index contributed by atoms with van der Waals surface area (Å²) >= 11 is 1.31. The Labute approximate surface area is 184 Å². The number of hydrogen-bond acceptors (Lipinski definition) is 6. The van der Waals surface area contributed by atoms with E-state index in [-0.39, 0.29) is 30.0 Å². The third-order valence-corrected chi connectivity index (χ3v) is 5.85. The summed E-state index contributed by atoms with van der Waals surface area (Å²) in [5, 5.41) is 12.1. The van der Waals surface area contributed by atoms with Crippen molar-refractivity contribution < 1.29 is 9.59 Å². The van der Waals surface area contributed by atoms with Gasteiger partial charge in [-0.1, -0.05) is 30.0 Å². The first-order valence-electron chi connectivity index (χ1n) is 9.86. The van der Waals surface area contributed by atoms with Crippen molar-refractivity contribution in [1.82, 2.24) is 19.7 Å². The van der Waals surface area contributed by atoms with Gasteiger partial charge in [0.2, 0.25) is 11.8 Å². The number of nitrogens with one attached hydrogen (secondary N) is 1. The Morgan fingerprint density at radius 2 is 2.13 bits per heavy atom. The molecule has 4 rings (SSSR count). The van der Waals surface area contributed by atoms with Crippen molar-refractivity contribution in [2.45, 2.75) is 31.1 Å². The quantitative estimate of drug-likeness (QED) is 0.472. The number of hydrogen-bond donors (Lipinski definition) is 1. The predicted octanol–water partition coefficient (Wildman–Crippen LogP) is 3.38. The third kappa shape index (κ3) is 4.36. The Morgan fingerprint density at radius 3 is 2.90 bits per heavy atom. The van der Waals surface area contributed by atoms with Gasteiger partial charge in [-0.25, -0.2) is 0 Å². The Balaban J connectivity index is 1.57. The van der Waals surface area contributed by atoms with Crippen LogP contribution in [0, 0.1) is 0 Å². The van der Waals surface area contributed by atoms with Crippen LogP contribution in [0.25, 0.3) is 11.4 Å². The van der Waals surface area contributed by atoms with Gasteiger partial charge in [0.1, 0.15) is 0 Å². The number of rotatable bonds is 6. The molecule has 1 aromatic carbocycles. The summed E-state index contributed by atoms with van der Waals surface area (Å²) in [5.74, 6) is 0.633. The molecular formula is C22H22N6O2S. The molecule has 0 saturated carbocycles. The van der Waals surface area contributed by atoms with Gasteiger partial charge in [-0.15, -0.1) is 16.8 Å². The number of amides is 2. The highest BCUT2D eigenvalue weighted by molar-refractivity contribution is 7.99. The standard InChI is InChI=1S/C22H22N6O2S/c1-3-11-27-21(16-7-6-10-23-13-16)25-26-22(27)31-14-20(30)28-15(2)12-19(29)24-17-8-4-5-9-18(17)28/h3-10,13,15H,1,11-12,14H2,2H3,(H,24,29). The molecule has 31 heavy (non-hydrogen) atoms. The van der Waals surface area contributed by atoms with Crippen molar-refractivity contribution in [3.63, 3.8) is 0 Å². The summed E-state index contributed by atoms with van der Waals surface area (Å²) < 4.78 is 1.91. The van der Waals surface area contributed by atoms with E-state index in [2.05, 4.69) is 27.1 Å². The molecule has 158 valence electrons. The summed E-state index contributed by atoms with van der Waals surface area (Å²) in [6.45, 7) is 6.21. The summed E-state index contributed by atoms with van der Waals surface area (Å²) in [7, 11) is 0. The summed E-state index contributed by atoms with van der Waals surface area (Å²) in [5.41, 5.74) is 2.19. The Kier molecular flexibility index (Phi) is 6.13. The van der Waals surface area contributed by atoms with Crippen molar-refractivity contribution >= 4 is 35.0 Å². The highest BCUT2D eigenvalue weighted by Crippen LogP contribution is 2.32. The van der Waals surface area contributed by atoms with E-state index in [4.69, 9.17) is 0 Å². The van der Waals surface area contributed by atoms with Gasteiger partial charge >= 0.3 is 0 Å². The molecule has 8 nitrogen and oxygen atoms in total. The average Bonchev–Trinajstić information content (AvgIpc) is 3.11. The molecule has 0 aliphatic carbocycles. The van der Waals surface area contributed by atoms with Crippen molar-refractivity contribution in [2.75, 3.05) is 16.0 Å². The normalized spacial score (nSPS) is 15.7. The minimum atomic E-state index is -0.256. The number of carbonyl (C=O) groups excluding carboxylic acids is 2. The number of carbonyl (C=O) groups is 2. The minimum Gasteiger partial charge on any atom is -0.324 e. The molecule has 0 saturated heterocycles. The lowest BCUT2D eigenvalue weighted by molar-refractivity contribution is -0.117. The van der Waals surface area contributed by atoms with E-state index >= 15 is 0 Å². The van der Waals surface area contributed by atoms with Gasteiger partial charge in [-0.3, -0.25) is 19.1 Å². The number of aromatic nitrogens is 4. The Hall–Kier alpha value is -3.46.